The lowest BCUT2D eigenvalue weighted by Gasteiger charge is -2.48. The van der Waals surface area contributed by atoms with Crippen molar-refractivity contribution in [3.63, 3.8) is 0 Å². The van der Waals surface area contributed by atoms with E-state index in [1.807, 2.05) is 0 Å². The topological polar surface area (TPSA) is 15.3 Å². The average molecular weight is 280 g/mol. The number of hydrogen-bond donors (Lipinski definition) is 1. The zero-order chi connectivity index (χ0) is 14.7. The Bertz CT molecular complexity index is 263. The Morgan fingerprint density at radius 2 is 1.45 bits per heavy atom. The molecule has 2 atom stereocenters. The summed E-state index contributed by atoms with van der Waals surface area (Å²) in [6.07, 6.45) is 9.71. The Labute approximate surface area is 126 Å². The van der Waals surface area contributed by atoms with Gasteiger partial charge in [-0.3, -0.25) is 0 Å². The van der Waals surface area contributed by atoms with Gasteiger partial charge < -0.3 is 10.2 Å². The highest BCUT2D eigenvalue weighted by atomic mass is 15.2. The SMILES string of the molecule is CC(C)CC(CC(C)C)NC1CC2CCCC(C1)N2C. The molecule has 2 heteroatoms. The van der Waals surface area contributed by atoms with Crippen molar-refractivity contribution >= 4 is 0 Å². The predicted octanol–water partition coefficient (Wildman–Crippen LogP) is 4.05. The van der Waals surface area contributed by atoms with Crippen molar-refractivity contribution in [1.82, 2.24) is 10.2 Å². The molecule has 0 aromatic carbocycles. The van der Waals surface area contributed by atoms with Gasteiger partial charge >= 0.3 is 0 Å². The fraction of sp³-hybridized carbons (Fsp3) is 1.00. The maximum absolute atomic E-state index is 4.04. The van der Waals surface area contributed by atoms with Gasteiger partial charge in [0.1, 0.15) is 0 Å². The molecule has 1 N–H and O–H groups in total. The molecule has 2 heterocycles. The van der Waals surface area contributed by atoms with Gasteiger partial charge in [0, 0.05) is 24.2 Å². The van der Waals surface area contributed by atoms with Crippen LogP contribution in [0.1, 0.15) is 72.6 Å². The highest BCUT2D eigenvalue weighted by Crippen LogP contribution is 2.33. The van der Waals surface area contributed by atoms with Crippen LogP contribution in [0, 0.1) is 11.8 Å². The van der Waals surface area contributed by atoms with Crippen LogP contribution in [-0.4, -0.2) is 36.1 Å². The number of hydrogen-bond acceptors (Lipinski definition) is 2. The molecule has 2 nitrogen and oxygen atoms in total. The molecule has 2 fully saturated rings. The molecular weight excluding hydrogens is 244 g/mol. The first-order valence-electron chi connectivity index (χ1n) is 8.93. The predicted molar refractivity (Wildman–Crippen MR) is 88.0 cm³/mol. The van der Waals surface area contributed by atoms with E-state index in [2.05, 4.69) is 45.0 Å². The van der Waals surface area contributed by atoms with Crippen LogP contribution in [0.5, 0.6) is 0 Å². The van der Waals surface area contributed by atoms with E-state index in [4.69, 9.17) is 0 Å². The van der Waals surface area contributed by atoms with Gasteiger partial charge in [-0.1, -0.05) is 34.1 Å². The Hall–Kier alpha value is -0.0800. The van der Waals surface area contributed by atoms with E-state index in [9.17, 15) is 0 Å². The molecule has 2 unspecified atom stereocenters. The summed E-state index contributed by atoms with van der Waals surface area (Å²) in [5, 5.41) is 4.04. The summed E-state index contributed by atoms with van der Waals surface area (Å²) >= 11 is 0. The van der Waals surface area contributed by atoms with Crippen molar-refractivity contribution < 1.29 is 0 Å². The molecule has 2 rings (SSSR count). The Morgan fingerprint density at radius 3 is 1.90 bits per heavy atom. The van der Waals surface area contributed by atoms with E-state index >= 15 is 0 Å². The minimum atomic E-state index is 0.726. The van der Waals surface area contributed by atoms with E-state index in [-0.39, 0.29) is 0 Å². The number of piperidine rings is 2. The standard InChI is InChI=1S/C18H36N2/c1-13(2)9-15(10-14(3)4)19-16-11-17-7-6-8-18(12-16)20(17)5/h13-19H,6-12H2,1-5H3. The second-order valence-corrected chi connectivity index (χ2v) is 8.20. The van der Waals surface area contributed by atoms with Gasteiger partial charge in [0.25, 0.3) is 0 Å². The summed E-state index contributed by atoms with van der Waals surface area (Å²) in [6, 6.07) is 3.19. The van der Waals surface area contributed by atoms with Gasteiger partial charge in [-0.15, -0.1) is 0 Å². The lowest BCUT2D eigenvalue weighted by molar-refractivity contribution is 0.0443. The number of nitrogens with one attached hydrogen (secondary N) is 1. The molecule has 0 amide bonds. The summed E-state index contributed by atoms with van der Waals surface area (Å²) in [7, 11) is 2.35. The maximum atomic E-state index is 4.04. The number of rotatable bonds is 6. The van der Waals surface area contributed by atoms with E-state index < -0.39 is 0 Å². The van der Waals surface area contributed by atoms with Crippen LogP contribution < -0.4 is 5.32 Å². The first kappa shape index (κ1) is 16.3. The maximum Gasteiger partial charge on any atom is 0.0110 e. The molecule has 2 aliphatic rings. The summed E-state index contributed by atoms with van der Waals surface area (Å²) < 4.78 is 0. The Morgan fingerprint density at radius 1 is 0.950 bits per heavy atom. The van der Waals surface area contributed by atoms with Crippen molar-refractivity contribution in [1.29, 1.82) is 0 Å². The minimum Gasteiger partial charge on any atom is -0.311 e. The first-order chi connectivity index (χ1) is 9.45. The van der Waals surface area contributed by atoms with Crippen LogP contribution in [0.25, 0.3) is 0 Å². The number of nitrogens with zero attached hydrogens (tertiary/aromatic N) is 1. The number of fused-ring (bicyclic) bond motifs is 2. The molecule has 0 radical (unpaired) electrons. The highest BCUT2D eigenvalue weighted by Gasteiger charge is 2.36. The van der Waals surface area contributed by atoms with Crippen molar-refractivity contribution in [3.05, 3.63) is 0 Å². The van der Waals surface area contributed by atoms with Crippen LogP contribution in [0.3, 0.4) is 0 Å². The lowest BCUT2D eigenvalue weighted by Crippen LogP contribution is -2.56. The van der Waals surface area contributed by atoms with Crippen molar-refractivity contribution in [2.45, 2.75) is 96.8 Å². The van der Waals surface area contributed by atoms with Gasteiger partial charge in [-0.2, -0.15) is 0 Å². The van der Waals surface area contributed by atoms with Crippen molar-refractivity contribution in [2.75, 3.05) is 7.05 Å². The third-order valence-electron chi connectivity index (χ3n) is 5.32. The fourth-order valence-corrected chi connectivity index (χ4v) is 4.46. The molecule has 118 valence electrons. The zero-order valence-electron chi connectivity index (χ0n) is 14.4. The molecule has 0 spiro atoms. The molecule has 0 saturated carbocycles. The molecule has 2 bridgehead atoms. The van der Waals surface area contributed by atoms with E-state index in [1.54, 1.807) is 0 Å². The monoisotopic (exact) mass is 280 g/mol. The summed E-state index contributed by atoms with van der Waals surface area (Å²) in [5.41, 5.74) is 0. The quantitative estimate of drug-likeness (QED) is 0.789. The van der Waals surface area contributed by atoms with Gasteiger partial charge in [0.15, 0.2) is 0 Å². The largest absolute Gasteiger partial charge is 0.311 e. The van der Waals surface area contributed by atoms with Crippen molar-refractivity contribution in [2.24, 2.45) is 11.8 Å². The summed E-state index contributed by atoms with van der Waals surface area (Å²) in [6.45, 7) is 9.44. The molecule has 0 aliphatic carbocycles. The smallest absolute Gasteiger partial charge is 0.0110 e. The molecular formula is C18H36N2. The molecule has 0 aromatic heterocycles. The normalized spacial score (nSPS) is 31.5. The third kappa shape index (κ3) is 4.46. The minimum absolute atomic E-state index is 0.726. The summed E-state index contributed by atoms with van der Waals surface area (Å²) in [4.78, 5) is 2.67. The van der Waals surface area contributed by atoms with Crippen LogP contribution >= 0.6 is 0 Å². The third-order valence-corrected chi connectivity index (χ3v) is 5.32. The van der Waals surface area contributed by atoms with E-state index in [0.717, 1.165) is 36.0 Å². The Kier molecular flexibility index (Phi) is 5.92. The first-order valence-corrected chi connectivity index (χ1v) is 8.93. The molecule has 20 heavy (non-hydrogen) atoms. The highest BCUT2D eigenvalue weighted by molar-refractivity contribution is 4.94. The van der Waals surface area contributed by atoms with Gasteiger partial charge in [0.05, 0.1) is 0 Å². The summed E-state index contributed by atoms with van der Waals surface area (Å²) in [5.74, 6) is 1.61. The van der Waals surface area contributed by atoms with Gasteiger partial charge in [-0.25, -0.2) is 0 Å². The molecule has 2 aliphatic heterocycles. The zero-order valence-corrected chi connectivity index (χ0v) is 14.4. The Balaban J connectivity index is 1.89. The fourth-order valence-electron chi connectivity index (χ4n) is 4.46. The van der Waals surface area contributed by atoms with Gasteiger partial charge in [0.2, 0.25) is 0 Å². The molecule has 0 aromatic rings. The van der Waals surface area contributed by atoms with Crippen molar-refractivity contribution in [3.8, 4) is 0 Å². The molecule has 2 saturated heterocycles. The average Bonchev–Trinajstić information content (AvgIpc) is 2.28. The van der Waals surface area contributed by atoms with Crippen LogP contribution in [0.15, 0.2) is 0 Å². The second kappa shape index (κ2) is 7.26. The van der Waals surface area contributed by atoms with Crippen LogP contribution in [0.4, 0.5) is 0 Å². The van der Waals surface area contributed by atoms with Crippen LogP contribution in [0.2, 0.25) is 0 Å². The van der Waals surface area contributed by atoms with E-state index in [1.165, 1.54) is 44.9 Å². The van der Waals surface area contributed by atoms with E-state index in [0.29, 0.717) is 0 Å². The van der Waals surface area contributed by atoms with Gasteiger partial charge in [-0.05, 0) is 57.4 Å². The van der Waals surface area contributed by atoms with Crippen LogP contribution in [-0.2, 0) is 0 Å². The second-order valence-electron chi connectivity index (χ2n) is 8.20. The lowest BCUT2D eigenvalue weighted by atomic mass is 9.81.